The van der Waals surface area contributed by atoms with Crippen LogP contribution in [0.5, 0.6) is 5.75 Å². The third kappa shape index (κ3) is 5.02. The number of carbonyl (C=O) groups excluding carboxylic acids is 1. The zero-order valence-electron chi connectivity index (χ0n) is 13.3. The molecule has 0 unspecified atom stereocenters. The molecule has 0 aromatic heterocycles. The molecule has 0 aliphatic heterocycles. The highest BCUT2D eigenvalue weighted by atomic mass is 19.1. The zero-order valence-corrected chi connectivity index (χ0v) is 13.3. The van der Waals surface area contributed by atoms with E-state index in [1.54, 1.807) is 27.7 Å². The summed E-state index contributed by atoms with van der Waals surface area (Å²) in [6, 6.07) is 5.38. The molecule has 0 fully saturated rings. The van der Waals surface area contributed by atoms with Crippen molar-refractivity contribution in [2.45, 2.75) is 39.7 Å². The van der Waals surface area contributed by atoms with Crippen molar-refractivity contribution >= 4 is 11.9 Å². The van der Waals surface area contributed by atoms with Crippen molar-refractivity contribution in [3.8, 4) is 5.75 Å². The van der Waals surface area contributed by atoms with Crippen LogP contribution < -0.4 is 10.1 Å². The average molecular weight is 311 g/mol. The van der Waals surface area contributed by atoms with E-state index in [0.717, 1.165) is 0 Å². The van der Waals surface area contributed by atoms with Crippen molar-refractivity contribution in [3.05, 3.63) is 30.1 Å². The molecule has 0 heterocycles. The van der Waals surface area contributed by atoms with Crippen LogP contribution in [0.1, 0.15) is 34.1 Å². The fourth-order valence-electron chi connectivity index (χ4n) is 1.65. The van der Waals surface area contributed by atoms with Crippen LogP contribution in [0.25, 0.3) is 0 Å². The number of ether oxygens (including phenoxy) is 1. The SMILES string of the molecule is CC(C)(CCNC(=O)C(C)(C)Oc1ccc(F)cc1)C(=O)O. The van der Waals surface area contributed by atoms with Gasteiger partial charge >= 0.3 is 5.97 Å². The van der Waals surface area contributed by atoms with Crippen LogP contribution in [0.15, 0.2) is 24.3 Å². The summed E-state index contributed by atoms with van der Waals surface area (Å²) in [4.78, 5) is 23.1. The maximum Gasteiger partial charge on any atom is 0.309 e. The second-order valence-corrected chi connectivity index (χ2v) is 6.26. The van der Waals surface area contributed by atoms with Gasteiger partial charge in [0, 0.05) is 6.54 Å². The minimum atomic E-state index is -1.15. The van der Waals surface area contributed by atoms with Crippen LogP contribution >= 0.6 is 0 Å². The van der Waals surface area contributed by atoms with Gasteiger partial charge in [-0.3, -0.25) is 9.59 Å². The normalized spacial score (nSPS) is 11.9. The highest BCUT2D eigenvalue weighted by Crippen LogP contribution is 2.21. The number of benzene rings is 1. The highest BCUT2D eigenvalue weighted by Gasteiger charge is 2.31. The Labute approximate surface area is 129 Å². The lowest BCUT2D eigenvalue weighted by Gasteiger charge is -2.26. The number of carboxylic acid groups (broad SMARTS) is 1. The first-order chi connectivity index (χ1) is 10.0. The van der Waals surface area contributed by atoms with Crippen molar-refractivity contribution in [2.24, 2.45) is 5.41 Å². The number of hydrogen-bond acceptors (Lipinski definition) is 3. The summed E-state index contributed by atoms with van der Waals surface area (Å²) >= 11 is 0. The molecule has 6 heteroatoms. The first kappa shape index (κ1) is 17.9. The molecule has 22 heavy (non-hydrogen) atoms. The quantitative estimate of drug-likeness (QED) is 0.811. The van der Waals surface area contributed by atoms with Gasteiger partial charge in [-0.1, -0.05) is 0 Å². The zero-order chi connectivity index (χ0) is 17.0. The van der Waals surface area contributed by atoms with Crippen molar-refractivity contribution in [1.29, 1.82) is 0 Å². The van der Waals surface area contributed by atoms with Crippen LogP contribution in [-0.4, -0.2) is 29.1 Å². The first-order valence-electron chi connectivity index (χ1n) is 7.01. The van der Waals surface area contributed by atoms with E-state index in [1.807, 2.05) is 0 Å². The molecule has 0 bridgehead atoms. The molecule has 0 spiro atoms. The second kappa shape index (κ2) is 6.77. The van der Waals surface area contributed by atoms with Gasteiger partial charge in [-0.2, -0.15) is 0 Å². The van der Waals surface area contributed by atoms with E-state index < -0.39 is 17.0 Å². The van der Waals surface area contributed by atoms with Gasteiger partial charge in [-0.05, 0) is 58.4 Å². The van der Waals surface area contributed by atoms with Crippen molar-refractivity contribution in [2.75, 3.05) is 6.54 Å². The Bertz CT molecular complexity index is 538. The Morgan fingerprint density at radius 2 is 1.73 bits per heavy atom. The number of hydrogen-bond donors (Lipinski definition) is 2. The molecule has 0 aliphatic carbocycles. The van der Waals surface area contributed by atoms with Gasteiger partial charge in [-0.15, -0.1) is 0 Å². The summed E-state index contributed by atoms with van der Waals surface area (Å²) in [5.74, 6) is -1.28. The standard InChI is InChI=1S/C16H22FNO4/c1-15(2,14(20)21)9-10-18-13(19)16(3,4)22-12-7-5-11(17)6-8-12/h5-8H,9-10H2,1-4H3,(H,18,19)(H,20,21). The number of amides is 1. The van der Waals surface area contributed by atoms with Crippen LogP contribution in [0.3, 0.4) is 0 Å². The first-order valence-corrected chi connectivity index (χ1v) is 7.01. The van der Waals surface area contributed by atoms with E-state index >= 15 is 0 Å². The number of carboxylic acids is 1. The minimum absolute atomic E-state index is 0.230. The Balaban J connectivity index is 2.56. The van der Waals surface area contributed by atoms with E-state index in [0.29, 0.717) is 12.2 Å². The molecule has 5 nitrogen and oxygen atoms in total. The summed E-state index contributed by atoms with van der Waals surface area (Å²) in [6.45, 7) is 6.61. The van der Waals surface area contributed by atoms with Crippen LogP contribution in [0.4, 0.5) is 4.39 Å². The van der Waals surface area contributed by atoms with Crippen molar-refractivity contribution in [3.63, 3.8) is 0 Å². The lowest BCUT2D eigenvalue weighted by Crippen LogP contribution is -2.47. The van der Waals surface area contributed by atoms with Crippen LogP contribution in [0, 0.1) is 11.2 Å². The topological polar surface area (TPSA) is 75.6 Å². The highest BCUT2D eigenvalue weighted by molar-refractivity contribution is 5.84. The molecule has 0 radical (unpaired) electrons. The van der Waals surface area contributed by atoms with E-state index in [1.165, 1.54) is 24.3 Å². The molecule has 2 N–H and O–H groups in total. The van der Waals surface area contributed by atoms with Crippen LogP contribution in [0.2, 0.25) is 0 Å². The Morgan fingerprint density at radius 1 is 1.18 bits per heavy atom. The van der Waals surface area contributed by atoms with E-state index in [2.05, 4.69) is 5.32 Å². The molecule has 1 amide bonds. The molecule has 1 aromatic rings. The predicted octanol–water partition coefficient (Wildman–Crippen LogP) is 2.60. The predicted molar refractivity (Wildman–Crippen MR) is 80.2 cm³/mol. The molecule has 1 rings (SSSR count). The van der Waals surface area contributed by atoms with E-state index in [4.69, 9.17) is 9.84 Å². The number of aliphatic carboxylic acids is 1. The smallest absolute Gasteiger partial charge is 0.309 e. The van der Waals surface area contributed by atoms with Gasteiger partial charge in [0.15, 0.2) is 5.60 Å². The van der Waals surface area contributed by atoms with Gasteiger partial charge in [-0.25, -0.2) is 4.39 Å². The van der Waals surface area contributed by atoms with E-state index in [-0.39, 0.29) is 18.3 Å². The van der Waals surface area contributed by atoms with Gasteiger partial charge in [0.2, 0.25) is 0 Å². The summed E-state index contributed by atoms with van der Waals surface area (Å²) < 4.78 is 18.4. The third-order valence-electron chi connectivity index (χ3n) is 3.35. The molecule has 122 valence electrons. The van der Waals surface area contributed by atoms with E-state index in [9.17, 15) is 14.0 Å². The lowest BCUT2D eigenvalue weighted by atomic mass is 9.89. The fraction of sp³-hybridized carbons (Fsp3) is 0.500. The molecular weight excluding hydrogens is 289 g/mol. The van der Waals surface area contributed by atoms with Crippen LogP contribution in [-0.2, 0) is 9.59 Å². The number of carbonyl (C=O) groups is 2. The third-order valence-corrected chi connectivity index (χ3v) is 3.35. The summed E-state index contributed by atoms with van der Waals surface area (Å²) in [6.07, 6.45) is 0.306. The average Bonchev–Trinajstić information content (AvgIpc) is 2.40. The van der Waals surface area contributed by atoms with Crippen molar-refractivity contribution in [1.82, 2.24) is 5.32 Å². The fourth-order valence-corrected chi connectivity index (χ4v) is 1.65. The molecular formula is C16H22FNO4. The maximum absolute atomic E-state index is 12.8. The van der Waals surface area contributed by atoms with Crippen molar-refractivity contribution < 1.29 is 23.8 Å². The molecule has 0 saturated heterocycles. The molecule has 0 aliphatic rings. The maximum atomic E-state index is 12.8. The Morgan fingerprint density at radius 3 is 2.23 bits per heavy atom. The molecule has 0 saturated carbocycles. The molecule has 1 aromatic carbocycles. The Kier molecular flexibility index (Phi) is 5.52. The minimum Gasteiger partial charge on any atom is -0.481 e. The summed E-state index contributed by atoms with van der Waals surface area (Å²) in [7, 11) is 0. The summed E-state index contributed by atoms with van der Waals surface area (Å²) in [5, 5.41) is 11.7. The summed E-state index contributed by atoms with van der Waals surface area (Å²) in [5.41, 5.74) is -2.06. The van der Waals surface area contributed by atoms with Gasteiger partial charge in [0.1, 0.15) is 11.6 Å². The van der Waals surface area contributed by atoms with Gasteiger partial charge in [0.25, 0.3) is 5.91 Å². The number of nitrogens with one attached hydrogen (secondary N) is 1. The largest absolute Gasteiger partial charge is 0.481 e. The van der Waals surface area contributed by atoms with Gasteiger partial charge < -0.3 is 15.2 Å². The number of rotatable bonds is 7. The van der Waals surface area contributed by atoms with Gasteiger partial charge in [0.05, 0.1) is 5.41 Å². The lowest BCUT2D eigenvalue weighted by molar-refractivity contribution is -0.147. The Hall–Kier alpha value is -2.11. The number of halogens is 1. The molecule has 0 atom stereocenters. The monoisotopic (exact) mass is 311 g/mol. The second-order valence-electron chi connectivity index (χ2n) is 6.26.